The maximum atomic E-state index is 13.0. The highest BCUT2D eigenvalue weighted by atomic mass is 35.5. The normalized spacial score (nSPS) is 19.8. The fourth-order valence-electron chi connectivity index (χ4n) is 5.17. The molecule has 0 N–H and O–H groups in total. The smallest absolute Gasteiger partial charge is 0.411 e. The van der Waals surface area contributed by atoms with Crippen LogP contribution in [0.4, 0.5) is 4.79 Å². The summed E-state index contributed by atoms with van der Waals surface area (Å²) in [5, 5.41) is 9.81. The van der Waals surface area contributed by atoms with Crippen molar-refractivity contribution in [2.45, 2.75) is 77.0 Å². The van der Waals surface area contributed by atoms with Gasteiger partial charge in [-0.15, -0.1) is 10.2 Å². The second-order valence-electron chi connectivity index (χ2n) is 10.6. The Hall–Kier alpha value is -3.13. The zero-order valence-corrected chi connectivity index (χ0v) is 22.0. The summed E-state index contributed by atoms with van der Waals surface area (Å²) in [4.78, 5) is 19.3. The van der Waals surface area contributed by atoms with Crippen LogP contribution in [0.5, 0.6) is 5.88 Å². The molecular weight excluding hydrogens is 478 g/mol. The van der Waals surface area contributed by atoms with Crippen LogP contribution < -0.4 is 4.74 Å². The van der Waals surface area contributed by atoms with E-state index in [-0.39, 0.29) is 12.0 Å². The lowest BCUT2D eigenvalue weighted by molar-refractivity contribution is 0.0214. The van der Waals surface area contributed by atoms with E-state index >= 15 is 0 Å². The molecule has 2 aromatic heterocycles. The number of methoxy groups -OCH3 is 1. The molecule has 8 nitrogen and oxygen atoms in total. The van der Waals surface area contributed by atoms with Crippen LogP contribution in [0.3, 0.4) is 0 Å². The number of benzene rings is 1. The lowest BCUT2D eigenvalue weighted by atomic mass is 9.80. The molecule has 1 aliphatic heterocycles. The molecule has 1 saturated carbocycles. The van der Waals surface area contributed by atoms with E-state index in [9.17, 15) is 4.79 Å². The molecule has 1 aliphatic carbocycles. The Morgan fingerprint density at radius 2 is 1.78 bits per heavy atom. The van der Waals surface area contributed by atoms with Gasteiger partial charge in [-0.1, -0.05) is 17.7 Å². The van der Waals surface area contributed by atoms with Gasteiger partial charge >= 0.3 is 6.09 Å². The van der Waals surface area contributed by atoms with E-state index in [1.165, 1.54) is 0 Å². The average Bonchev–Trinajstić information content (AvgIpc) is 3.18. The van der Waals surface area contributed by atoms with Crippen molar-refractivity contribution in [1.82, 2.24) is 24.6 Å². The standard InChI is InChI=1S/C27H32ClN5O3/c1-27(2,3)36-26(34)32-15-19-14-20(28)12-13-22(19)33-23(16-32)30-31-25(33)18-10-8-17(9-11-18)21-6-5-7-24(29-21)35-4/h5-7,12-14,17-18H,8-11,15-16H2,1-4H3. The van der Waals surface area contributed by atoms with Crippen molar-refractivity contribution >= 4 is 17.7 Å². The zero-order chi connectivity index (χ0) is 25.4. The van der Waals surface area contributed by atoms with Crippen LogP contribution in [0.25, 0.3) is 5.69 Å². The second-order valence-corrected chi connectivity index (χ2v) is 11.0. The first-order valence-corrected chi connectivity index (χ1v) is 12.8. The minimum Gasteiger partial charge on any atom is -0.481 e. The number of halogens is 1. The Labute approximate surface area is 216 Å². The molecular formula is C27H32ClN5O3. The van der Waals surface area contributed by atoms with E-state index in [4.69, 9.17) is 21.1 Å². The number of nitrogens with zero attached hydrogens (tertiary/aromatic N) is 5. The predicted octanol–water partition coefficient (Wildman–Crippen LogP) is 6.02. The molecule has 1 fully saturated rings. The quantitative estimate of drug-likeness (QED) is 0.429. The first-order valence-electron chi connectivity index (χ1n) is 12.4. The number of fused-ring (bicyclic) bond motifs is 3. The van der Waals surface area contributed by atoms with Crippen molar-refractivity contribution in [1.29, 1.82) is 0 Å². The summed E-state index contributed by atoms with van der Waals surface area (Å²) in [6.07, 6.45) is 3.63. The van der Waals surface area contributed by atoms with E-state index in [1.807, 2.05) is 51.1 Å². The average molecular weight is 510 g/mol. The van der Waals surface area contributed by atoms with Gasteiger partial charge in [0.05, 0.1) is 25.9 Å². The van der Waals surface area contributed by atoms with E-state index in [1.54, 1.807) is 12.0 Å². The van der Waals surface area contributed by atoms with Crippen LogP contribution in [0.1, 0.15) is 81.2 Å². The zero-order valence-electron chi connectivity index (χ0n) is 21.2. The van der Waals surface area contributed by atoms with Gasteiger partial charge in [0.1, 0.15) is 11.4 Å². The van der Waals surface area contributed by atoms with Gasteiger partial charge in [-0.3, -0.25) is 9.47 Å². The Balaban J connectivity index is 1.42. The summed E-state index contributed by atoms with van der Waals surface area (Å²) in [7, 11) is 1.65. The van der Waals surface area contributed by atoms with E-state index in [2.05, 4.69) is 25.8 Å². The third kappa shape index (κ3) is 5.05. The van der Waals surface area contributed by atoms with Crippen LogP contribution >= 0.6 is 11.6 Å². The van der Waals surface area contributed by atoms with Crippen LogP contribution in [0.15, 0.2) is 36.4 Å². The highest BCUT2D eigenvalue weighted by molar-refractivity contribution is 6.30. The molecule has 0 saturated heterocycles. The second kappa shape index (κ2) is 9.73. The minimum absolute atomic E-state index is 0.268. The molecule has 0 radical (unpaired) electrons. The van der Waals surface area contributed by atoms with Crippen molar-refractivity contribution in [3.05, 3.63) is 64.3 Å². The molecule has 0 atom stereocenters. The number of rotatable bonds is 3. The Morgan fingerprint density at radius 1 is 1.03 bits per heavy atom. The molecule has 0 bridgehead atoms. The molecule has 3 heterocycles. The third-order valence-corrected chi connectivity index (χ3v) is 7.08. The maximum absolute atomic E-state index is 13.0. The van der Waals surface area contributed by atoms with E-state index in [0.29, 0.717) is 29.9 Å². The van der Waals surface area contributed by atoms with Crippen molar-refractivity contribution in [2.24, 2.45) is 0 Å². The molecule has 2 aliphatic rings. The van der Waals surface area contributed by atoms with Crippen molar-refractivity contribution < 1.29 is 14.3 Å². The number of hydrogen-bond donors (Lipinski definition) is 0. The highest BCUT2D eigenvalue weighted by Gasteiger charge is 2.33. The largest absolute Gasteiger partial charge is 0.481 e. The van der Waals surface area contributed by atoms with Gasteiger partial charge in [0.2, 0.25) is 5.88 Å². The Bertz CT molecular complexity index is 1260. The minimum atomic E-state index is -0.588. The highest BCUT2D eigenvalue weighted by Crippen LogP contribution is 2.41. The van der Waals surface area contributed by atoms with E-state index < -0.39 is 5.60 Å². The van der Waals surface area contributed by atoms with Crippen LogP contribution in [-0.4, -0.2) is 43.5 Å². The van der Waals surface area contributed by atoms with Gasteiger partial charge in [-0.25, -0.2) is 9.78 Å². The molecule has 0 unspecified atom stereocenters. The number of amides is 1. The Morgan fingerprint density at radius 3 is 2.50 bits per heavy atom. The SMILES string of the molecule is COc1cccc(C2CCC(c3nnc4n3-c3ccc(Cl)cc3CN(C(=O)OC(C)(C)C)C4)CC2)n1. The molecule has 36 heavy (non-hydrogen) atoms. The van der Waals surface area contributed by atoms with Crippen molar-refractivity contribution in [2.75, 3.05) is 7.11 Å². The topological polar surface area (TPSA) is 82.4 Å². The van der Waals surface area contributed by atoms with Crippen molar-refractivity contribution in [3.8, 4) is 11.6 Å². The van der Waals surface area contributed by atoms with Crippen LogP contribution in [-0.2, 0) is 17.8 Å². The van der Waals surface area contributed by atoms with Gasteiger partial charge in [0, 0.05) is 28.6 Å². The third-order valence-electron chi connectivity index (χ3n) is 6.85. The first kappa shape index (κ1) is 24.6. The van der Waals surface area contributed by atoms with Gasteiger partial charge in [0.25, 0.3) is 0 Å². The monoisotopic (exact) mass is 509 g/mol. The molecule has 9 heteroatoms. The van der Waals surface area contributed by atoms with Gasteiger partial charge < -0.3 is 9.47 Å². The summed E-state index contributed by atoms with van der Waals surface area (Å²) >= 11 is 6.36. The molecule has 1 amide bonds. The Kier molecular flexibility index (Phi) is 6.64. The summed E-state index contributed by atoms with van der Waals surface area (Å²) in [6, 6.07) is 11.8. The van der Waals surface area contributed by atoms with Gasteiger partial charge in [-0.2, -0.15) is 0 Å². The predicted molar refractivity (Wildman–Crippen MR) is 137 cm³/mol. The maximum Gasteiger partial charge on any atom is 0.411 e. The van der Waals surface area contributed by atoms with E-state index in [0.717, 1.165) is 54.3 Å². The number of aromatic nitrogens is 4. The number of ether oxygens (including phenoxy) is 2. The van der Waals surface area contributed by atoms with Crippen molar-refractivity contribution in [3.63, 3.8) is 0 Å². The number of pyridine rings is 1. The summed E-state index contributed by atoms with van der Waals surface area (Å²) in [6.45, 7) is 6.31. The van der Waals surface area contributed by atoms with Gasteiger partial charge in [-0.05, 0) is 76.3 Å². The fourth-order valence-corrected chi connectivity index (χ4v) is 5.36. The van der Waals surface area contributed by atoms with Gasteiger partial charge in [0.15, 0.2) is 5.82 Å². The molecule has 1 aromatic carbocycles. The summed E-state index contributed by atoms with van der Waals surface area (Å²) < 4.78 is 13.1. The summed E-state index contributed by atoms with van der Waals surface area (Å²) in [5.74, 6) is 2.99. The van der Waals surface area contributed by atoms with Crippen LogP contribution in [0.2, 0.25) is 5.02 Å². The van der Waals surface area contributed by atoms with Crippen LogP contribution in [0, 0.1) is 0 Å². The molecule has 190 valence electrons. The molecule has 5 rings (SSSR count). The first-order chi connectivity index (χ1) is 17.2. The lowest BCUT2D eigenvalue weighted by Crippen LogP contribution is -2.35. The fraction of sp³-hybridized carbons (Fsp3) is 0.481. The molecule has 3 aromatic rings. The summed E-state index contributed by atoms with van der Waals surface area (Å²) in [5.41, 5.74) is 2.41. The molecule has 0 spiro atoms. The number of carbonyl (C=O) groups is 1. The number of hydrogen-bond acceptors (Lipinski definition) is 6. The lowest BCUT2D eigenvalue weighted by Gasteiger charge is -2.28. The number of carbonyl (C=O) groups excluding carboxylic acids is 1.